The molecular formula is C33H50N2O2S2. The molecular weight excluding hydrogens is 521 g/mol. The second-order valence-electron chi connectivity index (χ2n) is 11.1. The maximum Gasteiger partial charge on any atom is 0.171 e. The Morgan fingerprint density at radius 2 is 1.74 bits per heavy atom. The van der Waals surface area contributed by atoms with Gasteiger partial charge in [-0.1, -0.05) is 50.3 Å². The van der Waals surface area contributed by atoms with E-state index in [-0.39, 0.29) is 11.2 Å². The first-order valence-electron chi connectivity index (χ1n) is 14.0. The molecule has 2 fully saturated rings. The number of ketones is 1. The lowest BCUT2D eigenvalue weighted by Crippen LogP contribution is -2.22. The predicted octanol–water partition coefficient (Wildman–Crippen LogP) is 9.13. The molecule has 1 unspecified atom stereocenters. The van der Waals surface area contributed by atoms with Crippen LogP contribution < -0.4 is 5.32 Å². The first-order chi connectivity index (χ1) is 18.4. The maximum absolute atomic E-state index is 12.0. The fourth-order valence-electron chi connectivity index (χ4n) is 4.36. The average Bonchev–Trinajstić information content (AvgIpc) is 3.58. The molecule has 1 aromatic heterocycles. The molecule has 1 atom stereocenters. The Morgan fingerprint density at radius 1 is 1.15 bits per heavy atom. The van der Waals surface area contributed by atoms with E-state index < -0.39 is 11.0 Å². The van der Waals surface area contributed by atoms with Crippen LogP contribution in [0.5, 0.6) is 0 Å². The van der Waals surface area contributed by atoms with Crippen molar-refractivity contribution in [2.75, 3.05) is 18.4 Å². The number of Topliss-reactive ketones (excluding diaryl/α,β-unsaturated/α-hetero) is 1. The third-order valence-corrected chi connectivity index (χ3v) is 9.29. The zero-order valence-electron chi connectivity index (χ0n) is 25.3. The molecule has 216 valence electrons. The molecule has 0 bridgehead atoms. The van der Waals surface area contributed by atoms with Crippen LogP contribution in [0.2, 0.25) is 0 Å². The maximum atomic E-state index is 12.0. The van der Waals surface area contributed by atoms with Crippen LogP contribution in [0.3, 0.4) is 0 Å². The lowest BCUT2D eigenvalue weighted by atomic mass is 9.81. The van der Waals surface area contributed by atoms with Gasteiger partial charge in [0.15, 0.2) is 5.78 Å². The van der Waals surface area contributed by atoms with Crippen LogP contribution in [0, 0.1) is 29.1 Å². The van der Waals surface area contributed by atoms with Crippen molar-refractivity contribution >= 4 is 33.8 Å². The molecule has 1 aliphatic carbocycles. The largest absolute Gasteiger partial charge is 0.358 e. The number of thiophene rings is 1. The van der Waals surface area contributed by atoms with Crippen LogP contribution in [0.15, 0.2) is 54.6 Å². The van der Waals surface area contributed by atoms with Crippen molar-refractivity contribution in [3.05, 3.63) is 64.4 Å². The van der Waals surface area contributed by atoms with Gasteiger partial charge in [-0.2, -0.15) is 0 Å². The van der Waals surface area contributed by atoms with E-state index in [0.29, 0.717) is 5.92 Å². The van der Waals surface area contributed by atoms with Crippen LogP contribution in [0.1, 0.15) is 102 Å². The van der Waals surface area contributed by atoms with Gasteiger partial charge in [0.25, 0.3) is 0 Å². The lowest BCUT2D eigenvalue weighted by molar-refractivity contribution is 0.102. The minimum absolute atomic E-state index is 0.0453. The van der Waals surface area contributed by atoms with Gasteiger partial charge in [-0.3, -0.25) is 4.79 Å². The van der Waals surface area contributed by atoms with E-state index in [1.807, 2.05) is 42.4 Å². The number of rotatable bonds is 7. The Morgan fingerprint density at radius 3 is 2.23 bits per heavy atom. The molecule has 3 rings (SSSR count). The minimum Gasteiger partial charge on any atom is -0.358 e. The summed E-state index contributed by atoms with van der Waals surface area (Å²) < 4.78 is 13.9. The van der Waals surface area contributed by atoms with Gasteiger partial charge in [-0.25, -0.2) is 8.51 Å². The molecule has 6 heteroatoms. The Bertz CT molecular complexity index is 1080. The molecule has 2 aliphatic rings. The number of nitrogens with one attached hydrogen (secondary N) is 1. The highest BCUT2D eigenvalue weighted by Crippen LogP contribution is 2.35. The zero-order chi connectivity index (χ0) is 29.6. The lowest BCUT2D eigenvalue weighted by Gasteiger charge is -2.28. The third kappa shape index (κ3) is 12.2. The number of hydrogen-bond donors (Lipinski definition) is 1. The summed E-state index contributed by atoms with van der Waals surface area (Å²) in [5, 5.41) is 3.42. The topological polar surface area (TPSA) is 49.4 Å². The Labute approximate surface area is 245 Å². The molecule has 0 spiro atoms. The Balaban J connectivity index is 0.000000428. The van der Waals surface area contributed by atoms with E-state index in [1.165, 1.54) is 49.9 Å². The minimum atomic E-state index is -0.925. The fraction of sp³-hybridized carbons (Fsp3) is 0.545. The predicted molar refractivity (Wildman–Crippen MR) is 173 cm³/mol. The molecule has 0 amide bonds. The number of hydrogen-bond acceptors (Lipinski definition) is 4. The number of allylic oxidation sites excluding steroid dienone is 4. The van der Waals surface area contributed by atoms with E-state index in [0.717, 1.165) is 45.1 Å². The summed E-state index contributed by atoms with van der Waals surface area (Å²) in [6.07, 6.45) is 13.0. The molecule has 1 N–H and O–H groups in total. The zero-order valence-corrected chi connectivity index (χ0v) is 27.0. The fourth-order valence-corrected chi connectivity index (χ4v) is 6.57. The van der Waals surface area contributed by atoms with Crippen molar-refractivity contribution in [1.29, 1.82) is 0 Å². The highest BCUT2D eigenvalue weighted by atomic mass is 32.2. The SMILES string of the molecule is C/C=C\C(=C/C)S(=O)N1CCCC1.C=C.C=C(Nc1cc(C#CC(C)(C)C)sc1C(C)=O)C1CCC(C)CC1. The van der Waals surface area contributed by atoms with Gasteiger partial charge in [-0.05, 0) is 84.3 Å². The monoisotopic (exact) mass is 570 g/mol. The van der Waals surface area contributed by atoms with Crippen LogP contribution in [0.25, 0.3) is 0 Å². The van der Waals surface area contributed by atoms with E-state index in [9.17, 15) is 9.00 Å². The van der Waals surface area contributed by atoms with Gasteiger partial charge < -0.3 is 5.32 Å². The van der Waals surface area contributed by atoms with Crippen LogP contribution in [0.4, 0.5) is 5.69 Å². The number of nitrogens with zero attached hydrogens (tertiary/aromatic N) is 1. The molecule has 2 heterocycles. The molecule has 4 nitrogen and oxygen atoms in total. The van der Waals surface area contributed by atoms with Gasteiger partial charge in [0.2, 0.25) is 0 Å². The molecule has 1 saturated carbocycles. The van der Waals surface area contributed by atoms with E-state index in [1.54, 1.807) is 6.92 Å². The summed E-state index contributed by atoms with van der Waals surface area (Å²) >= 11 is 1.47. The van der Waals surface area contributed by atoms with Crippen molar-refractivity contribution in [3.8, 4) is 11.8 Å². The van der Waals surface area contributed by atoms with Crippen LogP contribution in [-0.4, -0.2) is 27.4 Å². The van der Waals surface area contributed by atoms with Gasteiger partial charge in [0.05, 0.1) is 15.4 Å². The summed E-state index contributed by atoms with van der Waals surface area (Å²) in [4.78, 5) is 14.6. The van der Waals surface area contributed by atoms with Crippen molar-refractivity contribution in [1.82, 2.24) is 4.31 Å². The molecule has 1 aliphatic heterocycles. The van der Waals surface area contributed by atoms with Crippen molar-refractivity contribution in [2.45, 2.75) is 87.0 Å². The summed E-state index contributed by atoms with van der Waals surface area (Å²) in [7, 11) is -0.925. The van der Waals surface area contributed by atoms with E-state index in [2.05, 4.69) is 64.6 Å². The summed E-state index contributed by atoms with van der Waals surface area (Å²) in [6, 6.07) is 2.00. The summed E-state index contributed by atoms with van der Waals surface area (Å²) in [5.41, 5.74) is 1.86. The second kappa shape index (κ2) is 17.5. The second-order valence-corrected chi connectivity index (χ2v) is 13.6. The number of carbonyl (C=O) groups excluding carboxylic acids is 1. The van der Waals surface area contributed by atoms with E-state index >= 15 is 0 Å². The molecule has 0 radical (unpaired) electrons. The van der Waals surface area contributed by atoms with Crippen LogP contribution >= 0.6 is 11.3 Å². The smallest absolute Gasteiger partial charge is 0.171 e. The van der Waals surface area contributed by atoms with Crippen molar-refractivity contribution in [2.24, 2.45) is 17.3 Å². The number of anilines is 1. The number of carbonyl (C=O) groups is 1. The Hall–Kier alpha value is -2.20. The van der Waals surface area contributed by atoms with Crippen molar-refractivity contribution in [3.63, 3.8) is 0 Å². The van der Waals surface area contributed by atoms with Crippen molar-refractivity contribution < 1.29 is 9.00 Å². The van der Waals surface area contributed by atoms with Gasteiger partial charge >= 0.3 is 0 Å². The average molecular weight is 571 g/mol. The summed E-state index contributed by atoms with van der Waals surface area (Å²) in [5.74, 6) is 7.85. The highest BCUT2D eigenvalue weighted by molar-refractivity contribution is 7.86. The van der Waals surface area contributed by atoms with Gasteiger partial charge in [0, 0.05) is 36.0 Å². The van der Waals surface area contributed by atoms with Gasteiger partial charge in [0.1, 0.15) is 11.0 Å². The third-order valence-electron chi connectivity index (χ3n) is 6.53. The standard InChI is InChI=1S/C21H29NOS.C10H17NOS.C2H4/c1-14-7-9-17(10-8-14)15(2)22-19-13-18(11-12-21(4,5)6)24-20(19)16(3)23;1-3-7-10(4-2)13(12)11-8-5-6-9-11;1-2/h13-14,17,22H,2,7-10H2,1,3-6H3;3-4,7H,5-6,8-9H2,1-2H3;1-2H2/b;7-3-,10-4+;. The first kappa shape index (κ1) is 34.8. The molecule has 1 saturated heterocycles. The first-order valence-corrected chi connectivity index (χ1v) is 16.0. The van der Waals surface area contributed by atoms with E-state index in [4.69, 9.17) is 0 Å². The molecule has 1 aromatic rings. The highest BCUT2D eigenvalue weighted by Gasteiger charge is 2.22. The summed E-state index contributed by atoms with van der Waals surface area (Å²) in [6.45, 7) is 26.3. The molecule has 39 heavy (non-hydrogen) atoms. The van der Waals surface area contributed by atoms with Crippen LogP contribution in [-0.2, 0) is 11.0 Å². The van der Waals surface area contributed by atoms with Gasteiger partial charge in [-0.15, -0.1) is 24.5 Å². The Kier molecular flexibility index (Phi) is 15.6. The molecule has 0 aromatic carbocycles. The quantitative estimate of drug-likeness (QED) is 0.154. The normalized spacial score (nSPS) is 20.5.